The smallest absolute Gasteiger partial charge is 0.155 e. The van der Waals surface area contributed by atoms with Gasteiger partial charge >= 0.3 is 0 Å². The molecule has 3 fully saturated rings. The molecule has 4 aliphatic rings. The Labute approximate surface area is 140 Å². The summed E-state index contributed by atoms with van der Waals surface area (Å²) in [6.07, 6.45) is 10.7. The van der Waals surface area contributed by atoms with Gasteiger partial charge in [0.05, 0.1) is 0 Å². The first-order valence-electron chi connectivity index (χ1n) is 9.46. The SMILES string of the molecule is [CH2]C(=O)[C@H]1CC[C@H]2[C@@H]3CCC4=CC(=O)CC[C@]4(C)[C@H]3CC[C@]12C. The average Bonchev–Trinajstić information content (AvgIpc) is 2.85. The van der Waals surface area contributed by atoms with Crippen LogP contribution in [0.15, 0.2) is 11.6 Å². The number of carbonyl (C=O) groups is 2. The summed E-state index contributed by atoms with van der Waals surface area (Å²) in [6.45, 7) is 8.55. The third-order valence-electron chi connectivity index (χ3n) is 8.35. The average molecular weight is 313 g/mol. The topological polar surface area (TPSA) is 34.1 Å². The van der Waals surface area contributed by atoms with Gasteiger partial charge in [-0.05, 0) is 79.6 Å². The molecule has 6 atom stereocenters. The van der Waals surface area contributed by atoms with Gasteiger partial charge in [0.2, 0.25) is 0 Å². The molecule has 2 heteroatoms. The van der Waals surface area contributed by atoms with Crippen molar-refractivity contribution >= 4 is 11.6 Å². The standard InChI is InChI=1S/C21H29O2/c1-13(22)17-6-7-18-16-5-4-14-12-15(23)8-10-20(14,2)19(16)9-11-21(17,18)3/h12,16-19H,1,4-11H2,2-3H3/t16-,17+,18-,19-,20-,21+/m0/s1. The minimum Gasteiger partial charge on any atom is -0.299 e. The first kappa shape index (κ1) is 15.6. The summed E-state index contributed by atoms with van der Waals surface area (Å²) >= 11 is 0. The Bertz CT molecular complexity index is 589. The van der Waals surface area contributed by atoms with E-state index in [1.54, 1.807) is 0 Å². The molecule has 0 saturated heterocycles. The molecule has 0 aromatic carbocycles. The maximum atomic E-state index is 12.0. The van der Waals surface area contributed by atoms with Gasteiger partial charge in [0.15, 0.2) is 5.78 Å². The normalized spacial score (nSPS) is 49.0. The molecule has 0 aromatic rings. The van der Waals surface area contributed by atoms with Gasteiger partial charge in [0.1, 0.15) is 5.78 Å². The van der Waals surface area contributed by atoms with Crippen molar-refractivity contribution in [3.8, 4) is 0 Å². The second-order valence-corrected chi connectivity index (χ2v) is 9.11. The molecule has 125 valence electrons. The molecule has 0 unspecified atom stereocenters. The molecule has 0 aromatic heterocycles. The second-order valence-electron chi connectivity index (χ2n) is 9.11. The summed E-state index contributed by atoms with van der Waals surface area (Å²) in [5.41, 5.74) is 1.86. The third kappa shape index (κ3) is 2.06. The fourth-order valence-electron chi connectivity index (χ4n) is 7.09. The minimum atomic E-state index is 0.166. The lowest BCUT2D eigenvalue weighted by Crippen LogP contribution is -2.51. The molecule has 0 aliphatic heterocycles. The largest absolute Gasteiger partial charge is 0.299 e. The quantitative estimate of drug-likeness (QED) is 0.712. The first-order chi connectivity index (χ1) is 10.9. The maximum Gasteiger partial charge on any atom is 0.155 e. The van der Waals surface area contributed by atoms with Gasteiger partial charge in [-0.15, -0.1) is 0 Å². The van der Waals surface area contributed by atoms with Crippen molar-refractivity contribution in [2.75, 3.05) is 0 Å². The molecule has 0 spiro atoms. The summed E-state index contributed by atoms with van der Waals surface area (Å²) in [7, 11) is 0. The summed E-state index contributed by atoms with van der Waals surface area (Å²) in [6, 6.07) is 0. The number of ketones is 2. The predicted octanol–water partition coefficient (Wildman–Crippen LogP) is 4.54. The van der Waals surface area contributed by atoms with Crippen molar-refractivity contribution in [2.45, 2.75) is 65.2 Å². The summed E-state index contributed by atoms with van der Waals surface area (Å²) in [5.74, 6) is 2.83. The van der Waals surface area contributed by atoms with Crippen LogP contribution in [0.5, 0.6) is 0 Å². The fraction of sp³-hybridized carbons (Fsp3) is 0.762. The van der Waals surface area contributed by atoms with E-state index in [2.05, 4.69) is 20.8 Å². The Kier molecular flexibility index (Phi) is 3.42. The Morgan fingerprint density at radius 2 is 1.87 bits per heavy atom. The Morgan fingerprint density at radius 3 is 2.61 bits per heavy atom. The van der Waals surface area contributed by atoms with E-state index >= 15 is 0 Å². The van der Waals surface area contributed by atoms with E-state index in [0.29, 0.717) is 17.6 Å². The number of hydrogen-bond acceptors (Lipinski definition) is 2. The van der Waals surface area contributed by atoms with Crippen LogP contribution in [0.1, 0.15) is 65.2 Å². The molecule has 0 bridgehead atoms. The number of Topliss-reactive ketones (excluding diaryl/α,β-unsaturated/α-hetero) is 1. The van der Waals surface area contributed by atoms with Crippen molar-refractivity contribution in [3.05, 3.63) is 18.6 Å². The Balaban J connectivity index is 1.67. The molecule has 1 radical (unpaired) electrons. The molecule has 0 N–H and O–H groups in total. The highest BCUT2D eigenvalue weighted by Gasteiger charge is 2.59. The highest BCUT2D eigenvalue weighted by atomic mass is 16.1. The fourth-order valence-corrected chi connectivity index (χ4v) is 7.09. The van der Waals surface area contributed by atoms with E-state index in [0.717, 1.165) is 31.6 Å². The van der Waals surface area contributed by atoms with Crippen LogP contribution in [-0.2, 0) is 9.59 Å². The third-order valence-corrected chi connectivity index (χ3v) is 8.35. The zero-order valence-electron chi connectivity index (χ0n) is 14.6. The van der Waals surface area contributed by atoms with E-state index in [4.69, 9.17) is 0 Å². The van der Waals surface area contributed by atoms with Crippen LogP contribution in [0.2, 0.25) is 0 Å². The molecule has 0 heterocycles. The number of fused-ring (bicyclic) bond motifs is 5. The number of hydrogen-bond donors (Lipinski definition) is 0. The summed E-state index contributed by atoms with van der Waals surface area (Å²) in [5, 5.41) is 0. The summed E-state index contributed by atoms with van der Waals surface area (Å²) < 4.78 is 0. The van der Waals surface area contributed by atoms with Crippen LogP contribution in [0.3, 0.4) is 0 Å². The second kappa shape index (κ2) is 5.04. The molecule has 2 nitrogen and oxygen atoms in total. The Hall–Kier alpha value is -0.920. The molecular weight excluding hydrogens is 284 g/mol. The van der Waals surface area contributed by atoms with Crippen LogP contribution < -0.4 is 0 Å². The van der Waals surface area contributed by atoms with Gasteiger partial charge in [-0.25, -0.2) is 0 Å². The zero-order valence-corrected chi connectivity index (χ0v) is 14.6. The van der Waals surface area contributed by atoms with Crippen LogP contribution in [0.25, 0.3) is 0 Å². The molecule has 4 aliphatic carbocycles. The van der Waals surface area contributed by atoms with Gasteiger partial charge in [-0.1, -0.05) is 19.4 Å². The van der Waals surface area contributed by atoms with Gasteiger partial charge in [-0.3, -0.25) is 9.59 Å². The van der Waals surface area contributed by atoms with Gasteiger partial charge in [0, 0.05) is 19.3 Å². The number of allylic oxidation sites excluding steroid dienone is 1. The van der Waals surface area contributed by atoms with Crippen LogP contribution in [0, 0.1) is 41.4 Å². The van der Waals surface area contributed by atoms with Crippen molar-refractivity contribution in [3.63, 3.8) is 0 Å². The van der Waals surface area contributed by atoms with Crippen LogP contribution >= 0.6 is 0 Å². The highest BCUT2D eigenvalue weighted by molar-refractivity contribution is 5.91. The predicted molar refractivity (Wildman–Crippen MR) is 90.6 cm³/mol. The Morgan fingerprint density at radius 1 is 1.09 bits per heavy atom. The van der Waals surface area contributed by atoms with E-state index in [1.807, 2.05) is 6.08 Å². The van der Waals surface area contributed by atoms with Crippen molar-refractivity contribution in [1.29, 1.82) is 0 Å². The van der Waals surface area contributed by atoms with Gasteiger partial charge < -0.3 is 0 Å². The van der Waals surface area contributed by atoms with E-state index in [-0.39, 0.29) is 22.5 Å². The highest BCUT2D eigenvalue weighted by Crippen LogP contribution is 2.66. The van der Waals surface area contributed by atoms with E-state index < -0.39 is 0 Å². The summed E-state index contributed by atoms with van der Waals surface area (Å²) in [4.78, 5) is 23.9. The van der Waals surface area contributed by atoms with Gasteiger partial charge in [0.25, 0.3) is 0 Å². The molecule has 0 amide bonds. The monoisotopic (exact) mass is 313 g/mol. The lowest BCUT2D eigenvalue weighted by molar-refractivity contribution is -0.126. The molecule has 23 heavy (non-hydrogen) atoms. The van der Waals surface area contributed by atoms with E-state index in [9.17, 15) is 9.59 Å². The lowest BCUT2D eigenvalue weighted by atomic mass is 9.47. The molecule has 4 rings (SSSR count). The van der Waals surface area contributed by atoms with Crippen molar-refractivity contribution in [2.24, 2.45) is 34.5 Å². The number of carbonyl (C=O) groups excluding carboxylic acids is 2. The zero-order chi connectivity index (χ0) is 16.4. The minimum absolute atomic E-state index is 0.166. The maximum absolute atomic E-state index is 12.0. The van der Waals surface area contributed by atoms with Crippen LogP contribution in [-0.4, -0.2) is 11.6 Å². The van der Waals surface area contributed by atoms with Crippen molar-refractivity contribution < 1.29 is 9.59 Å². The molecular formula is C21H29O2. The molecule has 3 saturated carbocycles. The van der Waals surface area contributed by atoms with Crippen LogP contribution in [0.4, 0.5) is 0 Å². The van der Waals surface area contributed by atoms with Gasteiger partial charge in [-0.2, -0.15) is 0 Å². The lowest BCUT2D eigenvalue weighted by Gasteiger charge is -2.58. The van der Waals surface area contributed by atoms with Crippen molar-refractivity contribution in [1.82, 2.24) is 0 Å². The first-order valence-corrected chi connectivity index (χ1v) is 9.46. The van der Waals surface area contributed by atoms with E-state index in [1.165, 1.54) is 31.3 Å². The number of rotatable bonds is 1.